The predicted molar refractivity (Wildman–Crippen MR) is 117 cm³/mol. The molecule has 4 aromatic rings. The van der Waals surface area contributed by atoms with Crippen LogP contribution < -0.4 is 24.0 Å². The molecule has 8 heteroatoms. The number of aromatic nitrogens is 3. The number of rotatable bonds is 4. The first-order valence-electron chi connectivity index (χ1n) is 10.6. The maximum Gasteiger partial charge on any atom is 0.231 e. The topological polar surface area (TPSA) is 76.9 Å². The first-order valence-corrected chi connectivity index (χ1v) is 10.6. The van der Waals surface area contributed by atoms with Crippen LogP contribution in [0.4, 0.5) is 5.82 Å². The van der Waals surface area contributed by atoms with Crippen molar-refractivity contribution in [3.05, 3.63) is 48.3 Å². The highest BCUT2D eigenvalue weighted by Crippen LogP contribution is 2.33. The van der Waals surface area contributed by atoms with Gasteiger partial charge in [-0.2, -0.15) is 0 Å². The van der Waals surface area contributed by atoms with Crippen molar-refractivity contribution in [1.29, 1.82) is 0 Å². The molecule has 31 heavy (non-hydrogen) atoms. The van der Waals surface area contributed by atoms with Gasteiger partial charge in [-0.05, 0) is 30.3 Å². The van der Waals surface area contributed by atoms with Gasteiger partial charge in [0.2, 0.25) is 6.79 Å². The number of nitrogens with zero attached hydrogens (tertiary/aromatic N) is 3. The van der Waals surface area contributed by atoms with Crippen LogP contribution in [0.3, 0.4) is 0 Å². The average molecular weight is 418 g/mol. The summed E-state index contributed by atoms with van der Waals surface area (Å²) in [5.41, 5.74) is 4.24. The number of quaternary nitrogens is 1. The van der Waals surface area contributed by atoms with Crippen molar-refractivity contribution in [1.82, 2.24) is 15.0 Å². The summed E-state index contributed by atoms with van der Waals surface area (Å²) in [7, 11) is 1.68. The standard InChI is InChI=1S/C23H23N5O3/c1-29-16-3-4-17-18(11-16)26-22-21(17)24-13-25-23(22)28-8-6-27(7-9-28)12-15-2-5-19-20(10-15)31-14-30-19/h2-5,10-11,13,26H,6-9,12,14H2,1H3/p+1. The van der Waals surface area contributed by atoms with E-state index in [0.717, 1.165) is 77.7 Å². The van der Waals surface area contributed by atoms with Gasteiger partial charge in [-0.3, -0.25) is 0 Å². The van der Waals surface area contributed by atoms with E-state index in [1.807, 2.05) is 18.2 Å². The molecule has 1 saturated heterocycles. The second-order valence-electron chi connectivity index (χ2n) is 8.06. The van der Waals surface area contributed by atoms with Gasteiger partial charge in [0.1, 0.15) is 29.7 Å². The number of ether oxygens (including phenoxy) is 3. The average Bonchev–Trinajstić information content (AvgIpc) is 3.43. The Kier molecular flexibility index (Phi) is 4.31. The van der Waals surface area contributed by atoms with Gasteiger partial charge >= 0.3 is 0 Å². The molecule has 0 radical (unpaired) electrons. The zero-order chi connectivity index (χ0) is 20.8. The minimum absolute atomic E-state index is 0.318. The highest BCUT2D eigenvalue weighted by molar-refractivity contribution is 6.08. The normalized spacial score (nSPS) is 16.4. The van der Waals surface area contributed by atoms with Gasteiger partial charge in [-0.25, -0.2) is 9.97 Å². The van der Waals surface area contributed by atoms with Crippen molar-refractivity contribution >= 4 is 27.8 Å². The smallest absolute Gasteiger partial charge is 0.231 e. The van der Waals surface area contributed by atoms with Gasteiger partial charge in [-0.1, -0.05) is 0 Å². The van der Waals surface area contributed by atoms with Crippen LogP contribution in [0.5, 0.6) is 17.2 Å². The molecule has 0 atom stereocenters. The minimum atomic E-state index is 0.318. The summed E-state index contributed by atoms with van der Waals surface area (Å²) in [6.45, 7) is 5.30. The zero-order valence-electron chi connectivity index (χ0n) is 17.4. The van der Waals surface area contributed by atoms with Crippen LogP contribution in [0.25, 0.3) is 21.9 Å². The largest absolute Gasteiger partial charge is 0.497 e. The van der Waals surface area contributed by atoms with Crippen LogP contribution in [0.2, 0.25) is 0 Å². The van der Waals surface area contributed by atoms with E-state index in [9.17, 15) is 0 Å². The highest BCUT2D eigenvalue weighted by atomic mass is 16.7. The lowest BCUT2D eigenvalue weighted by atomic mass is 10.1. The molecule has 0 aliphatic carbocycles. The van der Waals surface area contributed by atoms with E-state index in [1.165, 1.54) is 5.56 Å². The number of nitrogens with one attached hydrogen (secondary N) is 2. The fourth-order valence-electron chi connectivity index (χ4n) is 4.58. The molecule has 0 spiro atoms. The Bertz CT molecular complexity index is 1260. The second-order valence-corrected chi connectivity index (χ2v) is 8.06. The summed E-state index contributed by atoms with van der Waals surface area (Å²) < 4.78 is 16.3. The van der Waals surface area contributed by atoms with E-state index in [2.05, 4.69) is 38.1 Å². The third-order valence-electron chi connectivity index (χ3n) is 6.23. The molecule has 6 rings (SSSR count). The maximum atomic E-state index is 5.52. The molecule has 4 heterocycles. The lowest BCUT2D eigenvalue weighted by Crippen LogP contribution is -3.13. The Morgan fingerprint density at radius 2 is 1.94 bits per heavy atom. The molecule has 1 fully saturated rings. The molecular formula is C23H24N5O3+. The number of hydrogen-bond acceptors (Lipinski definition) is 6. The maximum absolute atomic E-state index is 5.52. The summed E-state index contributed by atoms with van der Waals surface area (Å²) in [4.78, 5) is 16.6. The summed E-state index contributed by atoms with van der Waals surface area (Å²) in [6, 6.07) is 12.3. The Morgan fingerprint density at radius 1 is 1.06 bits per heavy atom. The SMILES string of the molecule is COc1ccc2c(c1)[nH]c1c(N3CC[NH+](Cc4ccc5c(c4)OCO5)CC3)ncnc12. The van der Waals surface area contributed by atoms with Gasteiger partial charge in [0, 0.05) is 17.0 Å². The van der Waals surface area contributed by atoms with Gasteiger partial charge in [0.25, 0.3) is 0 Å². The monoisotopic (exact) mass is 418 g/mol. The highest BCUT2D eigenvalue weighted by Gasteiger charge is 2.24. The number of methoxy groups -OCH3 is 1. The van der Waals surface area contributed by atoms with Crippen LogP contribution in [0.15, 0.2) is 42.7 Å². The fourth-order valence-corrected chi connectivity index (χ4v) is 4.58. The van der Waals surface area contributed by atoms with E-state index >= 15 is 0 Å². The molecular weight excluding hydrogens is 394 g/mol. The van der Waals surface area contributed by atoms with Crippen LogP contribution in [0, 0.1) is 0 Å². The van der Waals surface area contributed by atoms with Crippen molar-refractivity contribution in [2.45, 2.75) is 6.54 Å². The van der Waals surface area contributed by atoms with E-state index in [4.69, 9.17) is 14.2 Å². The first kappa shape index (κ1) is 18.3. The first-order chi connectivity index (χ1) is 15.3. The third-order valence-corrected chi connectivity index (χ3v) is 6.23. The summed E-state index contributed by atoms with van der Waals surface area (Å²) in [5, 5.41) is 1.09. The predicted octanol–water partition coefficient (Wildman–Crippen LogP) is 1.75. The van der Waals surface area contributed by atoms with Crippen molar-refractivity contribution in [3.8, 4) is 17.2 Å². The van der Waals surface area contributed by atoms with Gasteiger partial charge in [0.15, 0.2) is 17.3 Å². The van der Waals surface area contributed by atoms with Crippen LogP contribution in [0.1, 0.15) is 5.56 Å². The van der Waals surface area contributed by atoms with Crippen molar-refractivity contribution in [2.24, 2.45) is 0 Å². The Labute approximate surface area is 179 Å². The fraction of sp³-hybridized carbons (Fsp3) is 0.304. The number of anilines is 1. The molecule has 0 unspecified atom stereocenters. The molecule has 2 aliphatic heterocycles. The lowest BCUT2D eigenvalue weighted by Gasteiger charge is -2.33. The number of fused-ring (bicyclic) bond motifs is 4. The summed E-state index contributed by atoms with van der Waals surface area (Å²) in [6.07, 6.45) is 1.67. The van der Waals surface area contributed by atoms with Crippen LogP contribution in [-0.2, 0) is 6.54 Å². The van der Waals surface area contributed by atoms with Crippen LogP contribution >= 0.6 is 0 Å². The van der Waals surface area contributed by atoms with E-state index in [-0.39, 0.29) is 0 Å². The number of aromatic amines is 1. The number of piperazine rings is 1. The van der Waals surface area contributed by atoms with E-state index < -0.39 is 0 Å². The van der Waals surface area contributed by atoms with Crippen molar-refractivity contribution in [2.75, 3.05) is 45.0 Å². The van der Waals surface area contributed by atoms with E-state index in [0.29, 0.717) is 6.79 Å². The summed E-state index contributed by atoms with van der Waals surface area (Å²) in [5.74, 6) is 3.50. The van der Waals surface area contributed by atoms with Gasteiger partial charge in [0.05, 0.1) is 38.8 Å². The van der Waals surface area contributed by atoms with Crippen LogP contribution in [-0.4, -0.2) is 55.0 Å². The number of H-pyrrole nitrogens is 1. The van der Waals surface area contributed by atoms with Gasteiger partial charge < -0.3 is 29.0 Å². The Morgan fingerprint density at radius 3 is 2.81 bits per heavy atom. The summed E-state index contributed by atoms with van der Waals surface area (Å²) >= 11 is 0. The lowest BCUT2D eigenvalue weighted by molar-refractivity contribution is -0.914. The molecule has 8 nitrogen and oxygen atoms in total. The number of hydrogen-bond donors (Lipinski definition) is 2. The molecule has 0 amide bonds. The third kappa shape index (κ3) is 3.19. The molecule has 0 saturated carbocycles. The number of benzene rings is 2. The van der Waals surface area contributed by atoms with E-state index in [1.54, 1.807) is 18.3 Å². The minimum Gasteiger partial charge on any atom is -0.497 e. The molecule has 0 bridgehead atoms. The Balaban J connectivity index is 1.21. The second kappa shape index (κ2) is 7.31. The molecule has 2 aliphatic rings. The Hall–Kier alpha value is -3.52. The molecule has 2 aromatic heterocycles. The molecule has 2 aromatic carbocycles. The quantitative estimate of drug-likeness (QED) is 0.526. The van der Waals surface area contributed by atoms with Crippen molar-refractivity contribution < 1.29 is 19.1 Å². The molecule has 2 N–H and O–H groups in total. The molecule has 158 valence electrons. The zero-order valence-corrected chi connectivity index (χ0v) is 17.4. The van der Waals surface area contributed by atoms with Gasteiger partial charge in [-0.15, -0.1) is 0 Å². The van der Waals surface area contributed by atoms with Crippen molar-refractivity contribution in [3.63, 3.8) is 0 Å².